The maximum Gasteiger partial charge on any atom is 0.346 e. The van der Waals surface area contributed by atoms with Gasteiger partial charge in [0.05, 0.1) is 16.1 Å². The molecule has 1 aliphatic heterocycles. The summed E-state index contributed by atoms with van der Waals surface area (Å²) in [6.07, 6.45) is 0. The molecule has 0 atom stereocenters. The van der Waals surface area contributed by atoms with Gasteiger partial charge in [0.1, 0.15) is 0 Å². The molecule has 106 valence electrons. The minimum atomic E-state index is -0.860. The van der Waals surface area contributed by atoms with Crippen molar-refractivity contribution in [2.24, 2.45) is 0 Å². The molecule has 0 saturated heterocycles. The number of rotatable bonds is 1. The van der Waals surface area contributed by atoms with Crippen LogP contribution in [-0.4, -0.2) is 16.9 Å². The van der Waals surface area contributed by atoms with Crippen molar-refractivity contribution in [1.29, 1.82) is 0 Å². The molecule has 0 spiro atoms. The van der Waals surface area contributed by atoms with Gasteiger partial charge in [-0.15, -0.1) is 0 Å². The minimum absolute atomic E-state index is 0.0459. The lowest BCUT2D eigenvalue weighted by atomic mass is 9.92. The molecule has 6 nitrogen and oxygen atoms in total. The Hall–Kier alpha value is -3.28. The zero-order valence-corrected chi connectivity index (χ0v) is 11.0. The average molecular weight is 293 g/mol. The average Bonchev–Trinajstić information content (AvgIpc) is 2.51. The SMILES string of the molecule is O=C1OC(=O)c2cc3ccccc3c3cc([N+](=O)[O-])cc1c23. The maximum atomic E-state index is 12.0. The van der Waals surface area contributed by atoms with Crippen molar-refractivity contribution < 1.29 is 19.2 Å². The van der Waals surface area contributed by atoms with Crippen LogP contribution >= 0.6 is 0 Å². The van der Waals surface area contributed by atoms with Crippen molar-refractivity contribution >= 4 is 39.2 Å². The van der Waals surface area contributed by atoms with Crippen molar-refractivity contribution in [3.05, 3.63) is 63.7 Å². The number of nitrogens with zero attached hydrogens (tertiary/aromatic N) is 1. The summed E-state index contributed by atoms with van der Waals surface area (Å²) < 4.78 is 4.69. The smallest absolute Gasteiger partial charge is 0.346 e. The van der Waals surface area contributed by atoms with Gasteiger partial charge in [0.25, 0.3) is 5.69 Å². The van der Waals surface area contributed by atoms with Gasteiger partial charge in [0.15, 0.2) is 0 Å². The number of carbonyl (C=O) groups is 2. The number of esters is 2. The van der Waals surface area contributed by atoms with Crippen molar-refractivity contribution in [3.8, 4) is 0 Å². The van der Waals surface area contributed by atoms with Crippen LogP contribution in [0.3, 0.4) is 0 Å². The van der Waals surface area contributed by atoms with Crippen molar-refractivity contribution in [3.63, 3.8) is 0 Å². The Kier molecular flexibility index (Phi) is 2.33. The summed E-state index contributed by atoms with van der Waals surface area (Å²) in [5.41, 5.74) is 0.0823. The first kappa shape index (κ1) is 12.5. The predicted molar refractivity (Wildman–Crippen MR) is 77.9 cm³/mol. The van der Waals surface area contributed by atoms with Crippen molar-refractivity contribution in [2.45, 2.75) is 0 Å². The van der Waals surface area contributed by atoms with E-state index in [-0.39, 0.29) is 16.8 Å². The zero-order chi connectivity index (χ0) is 15.4. The Morgan fingerprint density at radius 1 is 0.909 bits per heavy atom. The van der Waals surface area contributed by atoms with Crippen LogP contribution < -0.4 is 0 Å². The van der Waals surface area contributed by atoms with Crippen LogP contribution in [0.1, 0.15) is 20.7 Å². The first-order valence-electron chi connectivity index (χ1n) is 6.46. The molecule has 6 heteroatoms. The van der Waals surface area contributed by atoms with E-state index < -0.39 is 16.9 Å². The van der Waals surface area contributed by atoms with E-state index in [0.717, 1.165) is 16.8 Å². The van der Waals surface area contributed by atoms with E-state index in [1.54, 1.807) is 30.3 Å². The van der Waals surface area contributed by atoms with E-state index in [9.17, 15) is 19.7 Å². The first-order valence-corrected chi connectivity index (χ1v) is 6.46. The van der Waals surface area contributed by atoms with Crippen molar-refractivity contribution in [1.82, 2.24) is 0 Å². The van der Waals surface area contributed by atoms with Gasteiger partial charge in [0.2, 0.25) is 0 Å². The Morgan fingerprint density at radius 3 is 2.32 bits per heavy atom. The number of fused-ring (bicyclic) bond motifs is 2. The molecule has 0 aliphatic carbocycles. The van der Waals surface area contributed by atoms with Gasteiger partial charge in [0, 0.05) is 17.5 Å². The van der Waals surface area contributed by atoms with E-state index in [1.807, 2.05) is 0 Å². The van der Waals surface area contributed by atoms with Crippen LogP contribution in [0.2, 0.25) is 0 Å². The fourth-order valence-corrected chi connectivity index (χ4v) is 2.85. The van der Waals surface area contributed by atoms with Gasteiger partial charge >= 0.3 is 11.9 Å². The Labute approximate surface area is 123 Å². The van der Waals surface area contributed by atoms with Crippen LogP contribution in [0.15, 0.2) is 42.5 Å². The number of nitro benzene ring substituents is 1. The Morgan fingerprint density at radius 2 is 1.59 bits per heavy atom. The third-order valence-corrected chi connectivity index (χ3v) is 3.78. The first-order chi connectivity index (χ1) is 10.6. The number of ether oxygens (including phenoxy) is 1. The molecule has 0 unspecified atom stereocenters. The van der Waals surface area contributed by atoms with E-state index in [1.165, 1.54) is 6.07 Å². The lowest BCUT2D eigenvalue weighted by Crippen LogP contribution is -2.19. The number of nitro groups is 1. The molecule has 3 aromatic rings. The second-order valence-electron chi connectivity index (χ2n) is 5.00. The summed E-state index contributed by atoms with van der Waals surface area (Å²) in [5.74, 6) is -1.59. The molecular weight excluding hydrogens is 286 g/mol. The molecule has 1 aliphatic rings. The van der Waals surface area contributed by atoms with E-state index >= 15 is 0 Å². The van der Waals surface area contributed by atoms with E-state index in [0.29, 0.717) is 10.8 Å². The van der Waals surface area contributed by atoms with Crippen LogP contribution in [-0.2, 0) is 4.74 Å². The summed E-state index contributed by atoms with van der Waals surface area (Å²) in [6, 6.07) is 11.4. The molecule has 22 heavy (non-hydrogen) atoms. The molecule has 0 aromatic heterocycles. The molecule has 0 amide bonds. The third kappa shape index (κ3) is 1.54. The molecule has 1 heterocycles. The van der Waals surface area contributed by atoms with Gasteiger partial charge in [-0.05, 0) is 22.2 Å². The van der Waals surface area contributed by atoms with Crippen LogP contribution in [0.5, 0.6) is 0 Å². The highest BCUT2D eigenvalue weighted by molar-refractivity contribution is 6.26. The molecule has 0 fully saturated rings. The summed E-state index contributed by atoms with van der Waals surface area (Å²) >= 11 is 0. The van der Waals surface area contributed by atoms with Gasteiger partial charge in [-0.25, -0.2) is 9.59 Å². The van der Waals surface area contributed by atoms with Crippen molar-refractivity contribution in [2.75, 3.05) is 0 Å². The molecule has 0 N–H and O–H groups in total. The highest BCUT2D eigenvalue weighted by Crippen LogP contribution is 2.37. The summed E-state index contributed by atoms with van der Waals surface area (Å²) in [7, 11) is 0. The summed E-state index contributed by atoms with van der Waals surface area (Å²) in [4.78, 5) is 34.4. The minimum Gasteiger partial charge on any atom is -0.386 e. The highest BCUT2D eigenvalue weighted by atomic mass is 16.6. The summed E-state index contributed by atoms with van der Waals surface area (Å²) in [5, 5.41) is 13.5. The van der Waals surface area contributed by atoms with Gasteiger partial charge < -0.3 is 4.74 Å². The van der Waals surface area contributed by atoms with Crippen LogP contribution in [0.4, 0.5) is 5.69 Å². The van der Waals surface area contributed by atoms with E-state index in [2.05, 4.69) is 4.74 Å². The third-order valence-electron chi connectivity index (χ3n) is 3.78. The summed E-state index contributed by atoms with van der Waals surface area (Å²) in [6.45, 7) is 0. The zero-order valence-electron chi connectivity index (χ0n) is 11.0. The normalized spacial score (nSPS) is 13.5. The lowest BCUT2D eigenvalue weighted by Gasteiger charge is -2.17. The molecule has 4 rings (SSSR count). The van der Waals surface area contributed by atoms with Crippen LogP contribution in [0, 0.1) is 10.1 Å². The second-order valence-corrected chi connectivity index (χ2v) is 5.00. The van der Waals surface area contributed by atoms with Gasteiger partial charge in [-0.2, -0.15) is 0 Å². The number of carbonyl (C=O) groups excluding carboxylic acids is 2. The number of non-ortho nitro benzene ring substituents is 1. The van der Waals surface area contributed by atoms with E-state index in [4.69, 9.17) is 0 Å². The van der Waals surface area contributed by atoms with Crippen LogP contribution in [0.25, 0.3) is 21.5 Å². The number of benzene rings is 3. The maximum absolute atomic E-state index is 12.0. The quantitative estimate of drug-likeness (QED) is 0.226. The Bertz CT molecular complexity index is 1020. The monoisotopic (exact) mass is 293 g/mol. The Balaban J connectivity index is 2.31. The standard InChI is InChI=1S/C16H7NO5/c18-15-12-5-8-3-1-2-4-10(8)11-6-9(17(20)21)7-13(14(11)12)16(19)22-15/h1-7H. The number of cyclic esters (lactones) is 2. The fraction of sp³-hybridized carbons (Fsp3) is 0. The number of hydrogen-bond donors (Lipinski definition) is 0. The second kappa shape index (κ2) is 4.11. The number of hydrogen-bond acceptors (Lipinski definition) is 5. The van der Waals surface area contributed by atoms with Gasteiger partial charge in [-0.3, -0.25) is 10.1 Å². The topological polar surface area (TPSA) is 86.5 Å². The lowest BCUT2D eigenvalue weighted by molar-refractivity contribution is -0.384. The molecule has 3 aromatic carbocycles. The predicted octanol–water partition coefficient (Wildman–Crippen LogP) is 3.21. The highest BCUT2D eigenvalue weighted by Gasteiger charge is 2.30. The molecule has 0 radical (unpaired) electrons. The largest absolute Gasteiger partial charge is 0.386 e. The molecular formula is C16H7NO5. The fourth-order valence-electron chi connectivity index (χ4n) is 2.85. The van der Waals surface area contributed by atoms with Gasteiger partial charge in [-0.1, -0.05) is 24.3 Å². The molecule has 0 saturated carbocycles. The molecule has 0 bridgehead atoms.